The van der Waals surface area contributed by atoms with Crippen LogP contribution >= 0.6 is 12.6 Å². The second kappa shape index (κ2) is 4.15. The Balaban J connectivity index is 2.57. The Kier molecular flexibility index (Phi) is 2.96. The van der Waals surface area contributed by atoms with Crippen molar-refractivity contribution in [2.75, 3.05) is 6.61 Å². The molecule has 5 nitrogen and oxygen atoms in total. The number of hydrogen-bond donors (Lipinski definition) is 2. The fourth-order valence-electron chi connectivity index (χ4n) is 1.25. The van der Waals surface area contributed by atoms with Gasteiger partial charge in [0.1, 0.15) is 5.03 Å². The van der Waals surface area contributed by atoms with Crippen LogP contribution in [0.2, 0.25) is 0 Å². The highest BCUT2D eigenvalue weighted by atomic mass is 32.1. The Morgan fingerprint density at radius 2 is 2.06 bits per heavy atom. The lowest BCUT2D eigenvalue weighted by molar-refractivity contribution is -0.141. The van der Waals surface area contributed by atoms with Crippen LogP contribution in [-0.2, 0) is 12.6 Å². The number of nitrogens with zero attached hydrogens (tertiary/aromatic N) is 4. The third-order valence-electron chi connectivity index (χ3n) is 1.96. The van der Waals surface area contributed by atoms with Crippen molar-refractivity contribution in [1.82, 2.24) is 19.6 Å². The molecule has 0 bridgehead atoms. The van der Waals surface area contributed by atoms with Crippen LogP contribution in [0.1, 0.15) is 11.5 Å². The van der Waals surface area contributed by atoms with Gasteiger partial charge in [-0.15, -0.1) is 17.7 Å². The largest absolute Gasteiger partial charge is 0.433 e. The Morgan fingerprint density at radius 3 is 2.65 bits per heavy atom. The van der Waals surface area contributed by atoms with E-state index in [-0.39, 0.29) is 29.7 Å². The zero-order valence-electron chi connectivity index (χ0n) is 8.31. The smallest absolute Gasteiger partial charge is 0.396 e. The monoisotopic (exact) mass is 264 g/mol. The molecule has 0 saturated heterocycles. The minimum atomic E-state index is -4.55. The summed E-state index contributed by atoms with van der Waals surface area (Å²) in [5.41, 5.74) is -1.07. The molecule has 0 radical (unpaired) electrons. The summed E-state index contributed by atoms with van der Waals surface area (Å²) in [6.45, 7) is -0.190. The molecule has 2 aromatic rings. The summed E-state index contributed by atoms with van der Waals surface area (Å²) in [4.78, 5) is 7.11. The van der Waals surface area contributed by atoms with E-state index < -0.39 is 11.9 Å². The molecular weight excluding hydrogens is 257 g/mol. The molecule has 0 spiro atoms. The predicted octanol–water partition coefficient (Wildman–Crippen LogP) is 0.967. The quantitative estimate of drug-likeness (QED) is 0.626. The molecule has 17 heavy (non-hydrogen) atoms. The summed E-state index contributed by atoms with van der Waals surface area (Å²) in [5.74, 6) is 0.0305. The van der Waals surface area contributed by atoms with Crippen LogP contribution in [0.5, 0.6) is 0 Å². The molecule has 0 fully saturated rings. The van der Waals surface area contributed by atoms with E-state index in [2.05, 4.69) is 27.7 Å². The molecule has 0 aliphatic rings. The highest BCUT2D eigenvalue weighted by Gasteiger charge is 2.33. The number of thiol groups is 1. The number of alkyl halides is 3. The van der Waals surface area contributed by atoms with Crippen LogP contribution in [0, 0.1) is 0 Å². The fraction of sp³-hybridized carbons (Fsp3) is 0.375. The predicted molar refractivity (Wildman–Crippen MR) is 53.8 cm³/mol. The van der Waals surface area contributed by atoms with Crippen LogP contribution in [0.4, 0.5) is 13.2 Å². The molecular formula is C8H7F3N4OS. The first-order chi connectivity index (χ1) is 7.91. The lowest BCUT2D eigenvalue weighted by Crippen LogP contribution is -2.10. The second-order valence-corrected chi connectivity index (χ2v) is 3.67. The van der Waals surface area contributed by atoms with E-state index >= 15 is 0 Å². The molecule has 0 unspecified atom stereocenters. The minimum Gasteiger partial charge on any atom is -0.396 e. The zero-order chi connectivity index (χ0) is 12.6. The van der Waals surface area contributed by atoms with Crippen molar-refractivity contribution in [2.45, 2.75) is 17.6 Å². The van der Waals surface area contributed by atoms with E-state index in [1.165, 1.54) is 0 Å². The minimum absolute atomic E-state index is 0.0148. The van der Waals surface area contributed by atoms with Crippen molar-refractivity contribution >= 4 is 18.4 Å². The van der Waals surface area contributed by atoms with Gasteiger partial charge in [-0.1, -0.05) is 0 Å². The van der Waals surface area contributed by atoms with Crippen LogP contribution < -0.4 is 0 Å². The number of aliphatic hydroxyl groups excluding tert-OH is 1. The summed E-state index contributed by atoms with van der Waals surface area (Å²) in [7, 11) is 0. The van der Waals surface area contributed by atoms with Crippen molar-refractivity contribution in [3.8, 4) is 0 Å². The molecule has 0 aliphatic heterocycles. The SMILES string of the molecule is OCCc1nc2nc(C(F)(F)F)cc(S)n2n1. The van der Waals surface area contributed by atoms with Gasteiger partial charge < -0.3 is 5.11 Å². The molecule has 2 aromatic heterocycles. The van der Waals surface area contributed by atoms with Gasteiger partial charge in [0, 0.05) is 12.5 Å². The maximum atomic E-state index is 12.5. The van der Waals surface area contributed by atoms with Gasteiger partial charge in [-0.05, 0) is 0 Å². The fourth-order valence-corrected chi connectivity index (χ4v) is 1.50. The van der Waals surface area contributed by atoms with Crippen molar-refractivity contribution < 1.29 is 18.3 Å². The molecule has 2 rings (SSSR count). The number of halogens is 3. The topological polar surface area (TPSA) is 63.3 Å². The van der Waals surface area contributed by atoms with Crippen LogP contribution in [0.25, 0.3) is 5.78 Å². The first kappa shape index (κ1) is 12.1. The van der Waals surface area contributed by atoms with E-state index in [0.29, 0.717) is 0 Å². The number of aliphatic hydroxyl groups is 1. The zero-order valence-corrected chi connectivity index (χ0v) is 9.20. The van der Waals surface area contributed by atoms with Gasteiger partial charge in [-0.25, -0.2) is 4.98 Å². The Labute approximate surface area is 98.7 Å². The standard InChI is InChI=1S/C8H7F3N4OS/c9-8(10,11)4-3-6(17)15-7(12-4)13-5(14-15)1-2-16/h3,16-17H,1-2H2. The van der Waals surface area contributed by atoms with Gasteiger partial charge in [-0.3, -0.25) is 0 Å². The van der Waals surface area contributed by atoms with Crippen molar-refractivity contribution in [1.29, 1.82) is 0 Å². The molecule has 0 aliphatic carbocycles. The first-order valence-corrected chi connectivity index (χ1v) is 5.00. The lowest BCUT2D eigenvalue weighted by atomic mass is 10.4. The average Bonchev–Trinajstić information content (AvgIpc) is 2.60. The summed E-state index contributed by atoms with van der Waals surface area (Å²) in [6, 6.07) is 0.771. The van der Waals surface area contributed by atoms with E-state index in [9.17, 15) is 13.2 Å². The molecule has 92 valence electrons. The Hall–Kier alpha value is -1.35. The highest BCUT2D eigenvalue weighted by Crippen LogP contribution is 2.29. The highest BCUT2D eigenvalue weighted by molar-refractivity contribution is 7.80. The van der Waals surface area contributed by atoms with E-state index in [4.69, 9.17) is 5.11 Å². The maximum absolute atomic E-state index is 12.5. The van der Waals surface area contributed by atoms with Gasteiger partial charge in [0.15, 0.2) is 11.5 Å². The van der Waals surface area contributed by atoms with Gasteiger partial charge in [0.2, 0.25) is 0 Å². The van der Waals surface area contributed by atoms with E-state index in [1.807, 2.05) is 0 Å². The van der Waals surface area contributed by atoms with Gasteiger partial charge in [0.05, 0.1) is 6.61 Å². The maximum Gasteiger partial charge on any atom is 0.433 e. The third kappa shape index (κ3) is 2.34. The molecule has 1 N–H and O–H groups in total. The Morgan fingerprint density at radius 1 is 1.35 bits per heavy atom. The second-order valence-electron chi connectivity index (χ2n) is 3.21. The van der Waals surface area contributed by atoms with Gasteiger partial charge >= 0.3 is 6.18 Å². The first-order valence-electron chi connectivity index (χ1n) is 4.55. The van der Waals surface area contributed by atoms with Crippen LogP contribution in [0.15, 0.2) is 11.1 Å². The molecule has 0 saturated carbocycles. The van der Waals surface area contributed by atoms with Gasteiger partial charge in [0.25, 0.3) is 5.78 Å². The van der Waals surface area contributed by atoms with Crippen LogP contribution in [-0.4, -0.2) is 31.3 Å². The third-order valence-corrected chi connectivity index (χ3v) is 2.28. The summed E-state index contributed by atoms with van der Waals surface area (Å²) >= 11 is 3.89. The average molecular weight is 264 g/mol. The molecule has 0 atom stereocenters. The number of fused-ring (bicyclic) bond motifs is 1. The van der Waals surface area contributed by atoms with Crippen molar-refractivity contribution in [3.05, 3.63) is 17.6 Å². The van der Waals surface area contributed by atoms with Crippen molar-refractivity contribution in [2.24, 2.45) is 0 Å². The lowest BCUT2D eigenvalue weighted by Gasteiger charge is -2.05. The molecule has 2 heterocycles. The number of rotatable bonds is 2. The molecule has 0 amide bonds. The van der Waals surface area contributed by atoms with E-state index in [1.54, 1.807) is 0 Å². The van der Waals surface area contributed by atoms with Crippen LogP contribution in [0.3, 0.4) is 0 Å². The summed E-state index contributed by atoms with van der Waals surface area (Å²) in [6.07, 6.45) is -4.40. The summed E-state index contributed by atoms with van der Waals surface area (Å²) < 4.78 is 38.5. The summed E-state index contributed by atoms with van der Waals surface area (Å²) in [5, 5.41) is 12.5. The molecule has 0 aromatic carbocycles. The number of aromatic nitrogens is 4. The number of hydrogen-bond acceptors (Lipinski definition) is 5. The molecule has 9 heteroatoms. The Bertz CT molecular complexity index is 553. The van der Waals surface area contributed by atoms with Crippen molar-refractivity contribution in [3.63, 3.8) is 0 Å². The normalized spacial score (nSPS) is 12.3. The van der Waals surface area contributed by atoms with Gasteiger partial charge in [-0.2, -0.15) is 22.7 Å². The van der Waals surface area contributed by atoms with E-state index in [0.717, 1.165) is 10.6 Å².